The number of carboxylic acids is 1. The van der Waals surface area contributed by atoms with Crippen molar-refractivity contribution in [2.24, 2.45) is 0 Å². The lowest BCUT2D eigenvalue weighted by molar-refractivity contribution is -0.131. The largest absolute Gasteiger partial charge is 0.478 e. The molecular weight excluding hydrogens is 196 g/mol. The summed E-state index contributed by atoms with van der Waals surface area (Å²) in [7, 11) is 1.52. The Labute approximate surface area is 86.5 Å². The number of rotatable bonds is 3. The number of carboxylic acid groups (broad SMARTS) is 1. The van der Waals surface area contributed by atoms with Gasteiger partial charge in [0.05, 0.1) is 0 Å². The fourth-order valence-electron chi connectivity index (χ4n) is 0.934. The first-order valence-corrected chi connectivity index (χ1v) is 4.22. The van der Waals surface area contributed by atoms with Crippen LogP contribution in [0.15, 0.2) is 24.4 Å². The summed E-state index contributed by atoms with van der Waals surface area (Å²) in [5.74, 6) is -1.30. The highest BCUT2D eigenvalue weighted by atomic mass is 16.4. The monoisotopic (exact) mass is 206 g/mol. The molecule has 0 spiro atoms. The maximum Gasteiger partial charge on any atom is 0.328 e. The fourth-order valence-corrected chi connectivity index (χ4v) is 0.934. The molecule has 1 aromatic heterocycles. The van der Waals surface area contributed by atoms with E-state index < -0.39 is 5.97 Å². The van der Waals surface area contributed by atoms with Crippen molar-refractivity contribution < 1.29 is 14.7 Å². The molecule has 5 nitrogen and oxygen atoms in total. The lowest BCUT2D eigenvalue weighted by Gasteiger charge is -1.98. The molecule has 5 heteroatoms. The molecule has 1 rings (SSSR count). The van der Waals surface area contributed by atoms with E-state index in [1.54, 1.807) is 6.07 Å². The van der Waals surface area contributed by atoms with E-state index in [4.69, 9.17) is 5.11 Å². The van der Waals surface area contributed by atoms with Crippen LogP contribution in [0.1, 0.15) is 16.1 Å². The number of amides is 1. The van der Waals surface area contributed by atoms with Crippen LogP contribution in [0.5, 0.6) is 0 Å². The molecule has 2 N–H and O–H groups in total. The number of carbonyl (C=O) groups excluding carboxylic acids is 1. The van der Waals surface area contributed by atoms with Crippen LogP contribution in [0.2, 0.25) is 0 Å². The van der Waals surface area contributed by atoms with Crippen LogP contribution < -0.4 is 5.32 Å². The number of nitrogens with zero attached hydrogens (tertiary/aromatic N) is 1. The van der Waals surface area contributed by atoms with E-state index >= 15 is 0 Å². The second kappa shape index (κ2) is 4.90. The fraction of sp³-hybridized carbons (Fsp3) is 0.100. The number of pyridine rings is 1. The number of hydrogen-bond donors (Lipinski definition) is 2. The molecule has 0 aliphatic heterocycles. The van der Waals surface area contributed by atoms with E-state index in [1.165, 1.54) is 25.4 Å². The van der Waals surface area contributed by atoms with Crippen molar-refractivity contribution in [1.82, 2.24) is 10.3 Å². The zero-order valence-electron chi connectivity index (χ0n) is 8.10. The Morgan fingerprint density at radius 2 is 2.20 bits per heavy atom. The Kier molecular flexibility index (Phi) is 3.56. The quantitative estimate of drug-likeness (QED) is 0.707. The van der Waals surface area contributed by atoms with E-state index in [0.717, 1.165) is 6.08 Å². The molecule has 0 aliphatic rings. The van der Waals surface area contributed by atoms with Crippen molar-refractivity contribution in [2.75, 3.05) is 7.05 Å². The van der Waals surface area contributed by atoms with Gasteiger partial charge in [-0.1, -0.05) is 6.07 Å². The molecule has 0 radical (unpaired) electrons. The summed E-state index contributed by atoms with van der Waals surface area (Å²) >= 11 is 0. The third-order valence-electron chi connectivity index (χ3n) is 1.66. The van der Waals surface area contributed by atoms with Gasteiger partial charge in [0.1, 0.15) is 5.69 Å². The molecule has 15 heavy (non-hydrogen) atoms. The lowest BCUT2D eigenvalue weighted by atomic mass is 10.2. The predicted octanol–water partition coefficient (Wildman–Crippen LogP) is 0.539. The molecule has 0 saturated heterocycles. The minimum absolute atomic E-state index is 0.274. The molecule has 0 bridgehead atoms. The third kappa shape index (κ3) is 3.22. The summed E-state index contributed by atoms with van der Waals surface area (Å²) in [6.07, 6.45) is 3.85. The maximum atomic E-state index is 11.1. The van der Waals surface area contributed by atoms with Crippen molar-refractivity contribution in [3.05, 3.63) is 35.7 Å². The Bertz CT molecular complexity index is 396. The molecule has 0 aliphatic carbocycles. The average molecular weight is 206 g/mol. The molecule has 0 aromatic carbocycles. The number of aromatic nitrogens is 1. The molecule has 78 valence electrons. The molecule has 0 fully saturated rings. The van der Waals surface area contributed by atoms with Gasteiger partial charge in [0, 0.05) is 19.3 Å². The van der Waals surface area contributed by atoms with Crippen molar-refractivity contribution >= 4 is 18.0 Å². The van der Waals surface area contributed by atoms with E-state index in [0.29, 0.717) is 11.3 Å². The summed E-state index contributed by atoms with van der Waals surface area (Å²) in [4.78, 5) is 25.2. The molecule has 1 heterocycles. The van der Waals surface area contributed by atoms with Gasteiger partial charge in [-0.15, -0.1) is 0 Å². The van der Waals surface area contributed by atoms with E-state index in [9.17, 15) is 9.59 Å². The van der Waals surface area contributed by atoms with Crippen LogP contribution >= 0.6 is 0 Å². The lowest BCUT2D eigenvalue weighted by Crippen LogP contribution is -2.18. The Hall–Kier alpha value is -2.17. The minimum Gasteiger partial charge on any atom is -0.478 e. The second-order valence-electron chi connectivity index (χ2n) is 2.73. The summed E-state index contributed by atoms with van der Waals surface area (Å²) in [6.45, 7) is 0. The van der Waals surface area contributed by atoms with Gasteiger partial charge < -0.3 is 10.4 Å². The second-order valence-corrected chi connectivity index (χ2v) is 2.73. The number of aliphatic carboxylic acids is 1. The van der Waals surface area contributed by atoms with Gasteiger partial charge in [-0.25, -0.2) is 4.79 Å². The topological polar surface area (TPSA) is 79.3 Å². The van der Waals surface area contributed by atoms with Gasteiger partial charge in [0.2, 0.25) is 0 Å². The highest BCUT2D eigenvalue weighted by Crippen LogP contribution is 2.02. The first-order chi connectivity index (χ1) is 7.13. The van der Waals surface area contributed by atoms with Crippen LogP contribution in [-0.2, 0) is 4.79 Å². The highest BCUT2D eigenvalue weighted by Gasteiger charge is 2.02. The summed E-state index contributed by atoms with van der Waals surface area (Å²) < 4.78 is 0. The summed E-state index contributed by atoms with van der Waals surface area (Å²) in [6, 6.07) is 3.15. The zero-order valence-corrected chi connectivity index (χ0v) is 8.10. The molecule has 0 unspecified atom stereocenters. The Morgan fingerprint density at radius 1 is 1.47 bits per heavy atom. The first kappa shape index (κ1) is 10.9. The van der Waals surface area contributed by atoms with Crippen LogP contribution in [0.4, 0.5) is 0 Å². The maximum absolute atomic E-state index is 11.1. The zero-order chi connectivity index (χ0) is 11.3. The SMILES string of the molecule is CNC(=O)c1ccc(C=CC(=O)O)cn1. The summed E-state index contributed by atoms with van der Waals surface area (Å²) in [5, 5.41) is 10.8. The van der Waals surface area contributed by atoms with Gasteiger partial charge in [-0.2, -0.15) is 0 Å². The molecule has 1 amide bonds. The van der Waals surface area contributed by atoms with E-state index in [2.05, 4.69) is 10.3 Å². The number of nitrogens with one attached hydrogen (secondary N) is 1. The van der Waals surface area contributed by atoms with Gasteiger partial charge in [-0.05, 0) is 17.7 Å². The normalized spacial score (nSPS) is 10.2. The van der Waals surface area contributed by atoms with Crippen LogP contribution in [0.25, 0.3) is 6.08 Å². The predicted molar refractivity (Wildman–Crippen MR) is 54.3 cm³/mol. The standard InChI is InChI=1S/C10H10N2O3/c1-11-10(15)8-4-2-7(6-12-8)3-5-9(13)14/h2-6H,1H3,(H,11,15)(H,13,14). The molecule has 0 atom stereocenters. The minimum atomic E-state index is -1.02. The Balaban J connectivity index is 2.81. The molecule has 0 saturated carbocycles. The smallest absolute Gasteiger partial charge is 0.328 e. The van der Waals surface area contributed by atoms with Crippen LogP contribution in [0.3, 0.4) is 0 Å². The molecule has 1 aromatic rings. The molecular formula is C10H10N2O3. The van der Waals surface area contributed by atoms with E-state index in [1.807, 2.05) is 0 Å². The van der Waals surface area contributed by atoms with Crippen molar-refractivity contribution in [2.45, 2.75) is 0 Å². The van der Waals surface area contributed by atoms with E-state index in [-0.39, 0.29) is 5.91 Å². The Morgan fingerprint density at radius 3 is 2.67 bits per heavy atom. The number of carbonyl (C=O) groups is 2. The van der Waals surface area contributed by atoms with Gasteiger partial charge >= 0.3 is 5.97 Å². The summed E-state index contributed by atoms with van der Waals surface area (Å²) in [5.41, 5.74) is 0.926. The number of hydrogen-bond acceptors (Lipinski definition) is 3. The van der Waals surface area contributed by atoms with Crippen molar-refractivity contribution in [1.29, 1.82) is 0 Å². The van der Waals surface area contributed by atoms with Crippen molar-refractivity contribution in [3.8, 4) is 0 Å². The highest BCUT2D eigenvalue weighted by molar-refractivity contribution is 5.92. The van der Waals surface area contributed by atoms with Crippen LogP contribution in [-0.4, -0.2) is 29.0 Å². The van der Waals surface area contributed by atoms with Gasteiger partial charge in [0.15, 0.2) is 0 Å². The first-order valence-electron chi connectivity index (χ1n) is 4.22. The van der Waals surface area contributed by atoms with Crippen molar-refractivity contribution in [3.63, 3.8) is 0 Å². The van der Waals surface area contributed by atoms with Gasteiger partial charge in [0.25, 0.3) is 5.91 Å². The third-order valence-corrected chi connectivity index (χ3v) is 1.66. The average Bonchev–Trinajstić information content (AvgIpc) is 2.26. The van der Waals surface area contributed by atoms with Crippen LogP contribution in [0, 0.1) is 0 Å². The van der Waals surface area contributed by atoms with Gasteiger partial charge in [-0.3, -0.25) is 9.78 Å².